The van der Waals surface area contributed by atoms with Crippen LogP contribution in [0.15, 0.2) is 12.1 Å². The Morgan fingerprint density at radius 2 is 2.10 bits per heavy atom. The highest BCUT2D eigenvalue weighted by atomic mass is 35.5. The zero-order valence-electron chi connectivity index (χ0n) is 11.7. The lowest BCUT2D eigenvalue weighted by Gasteiger charge is -2.08. The highest BCUT2D eigenvalue weighted by Gasteiger charge is 2.12. The van der Waals surface area contributed by atoms with Crippen molar-refractivity contribution < 1.29 is 4.74 Å². The van der Waals surface area contributed by atoms with Crippen molar-refractivity contribution in [1.29, 1.82) is 0 Å². The van der Waals surface area contributed by atoms with Gasteiger partial charge in [0, 0.05) is 12.2 Å². The van der Waals surface area contributed by atoms with Gasteiger partial charge in [-0.25, -0.2) is 4.68 Å². The molecule has 0 aliphatic carbocycles. The van der Waals surface area contributed by atoms with E-state index in [0.29, 0.717) is 34.7 Å². The molecular weight excluding hydrogens is 313 g/mol. The molecule has 21 heavy (non-hydrogen) atoms. The fraction of sp³-hybridized carbons (Fsp3) is 0.462. The third kappa shape index (κ3) is 4.06. The van der Waals surface area contributed by atoms with Crippen molar-refractivity contribution in [3.05, 3.63) is 22.2 Å². The van der Waals surface area contributed by atoms with Crippen molar-refractivity contribution in [2.45, 2.75) is 26.3 Å². The largest absolute Gasteiger partial charge is 0.397 e. The summed E-state index contributed by atoms with van der Waals surface area (Å²) in [5.74, 6) is 0.583. The van der Waals surface area contributed by atoms with Crippen molar-refractivity contribution >= 4 is 28.9 Å². The molecule has 0 amide bonds. The lowest BCUT2D eigenvalue weighted by Crippen LogP contribution is -2.10. The monoisotopic (exact) mass is 329 g/mol. The van der Waals surface area contributed by atoms with E-state index in [2.05, 4.69) is 22.4 Å². The first kappa shape index (κ1) is 16.0. The molecule has 0 bridgehead atoms. The Bertz CT molecular complexity index is 579. The average Bonchev–Trinajstić information content (AvgIpc) is 2.92. The lowest BCUT2D eigenvalue weighted by molar-refractivity contribution is 0.121. The van der Waals surface area contributed by atoms with Crippen LogP contribution in [0, 0.1) is 0 Å². The number of tetrazole rings is 1. The van der Waals surface area contributed by atoms with Gasteiger partial charge in [0.1, 0.15) is 0 Å². The number of unbranched alkanes of at least 4 members (excludes halogenated alkanes) is 1. The molecule has 2 aromatic rings. The summed E-state index contributed by atoms with van der Waals surface area (Å²) in [6.07, 6.45) is 2.16. The fourth-order valence-electron chi connectivity index (χ4n) is 1.80. The molecular formula is C13H17Cl2N5O. The van der Waals surface area contributed by atoms with E-state index in [1.54, 1.807) is 16.8 Å². The number of ether oxygens (including phenoxy) is 1. The molecule has 1 aromatic carbocycles. The first-order valence-corrected chi connectivity index (χ1v) is 7.48. The predicted molar refractivity (Wildman–Crippen MR) is 83.4 cm³/mol. The quantitative estimate of drug-likeness (QED) is 0.623. The van der Waals surface area contributed by atoms with E-state index >= 15 is 0 Å². The number of anilines is 1. The molecule has 8 heteroatoms. The van der Waals surface area contributed by atoms with Crippen LogP contribution in [0.1, 0.15) is 19.8 Å². The minimum absolute atomic E-state index is 0.336. The number of benzene rings is 1. The maximum Gasteiger partial charge on any atom is 0.182 e. The number of nitrogens with two attached hydrogens (primary N) is 1. The molecule has 0 radical (unpaired) electrons. The van der Waals surface area contributed by atoms with Crippen molar-refractivity contribution in [3.8, 4) is 11.4 Å². The minimum atomic E-state index is 0.336. The van der Waals surface area contributed by atoms with Crippen LogP contribution in [0.25, 0.3) is 11.4 Å². The predicted octanol–water partition coefficient (Wildman–Crippen LogP) is 3.05. The second-order valence-corrected chi connectivity index (χ2v) is 5.34. The van der Waals surface area contributed by atoms with E-state index in [1.165, 1.54) is 0 Å². The standard InChI is InChI=1S/C13H17Cl2N5O/c1-2-3-5-21-6-4-20-13(17-18-19-20)9-7-10(14)12(15)11(16)8-9/h7-8H,2-6,16H2,1H3. The van der Waals surface area contributed by atoms with Crippen molar-refractivity contribution in [2.24, 2.45) is 0 Å². The topological polar surface area (TPSA) is 78.8 Å². The van der Waals surface area contributed by atoms with Crippen LogP contribution >= 0.6 is 23.2 Å². The minimum Gasteiger partial charge on any atom is -0.397 e. The lowest BCUT2D eigenvalue weighted by atomic mass is 10.2. The number of nitrogen functional groups attached to an aromatic ring is 1. The average molecular weight is 330 g/mol. The number of hydrogen-bond donors (Lipinski definition) is 1. The smallest absolute Gasteiger partial charge is 0.182 e. The Morgan fingerprint density at radius 3 is 2.81 bits per heavy atom. The molecule has 1 heterocycles. The van der Waals surface area contributed by atoms with Crippen LogP contribution in [-0.2, 0) is 11.3 Å². The summed E-state index contributed by atoms with van der Waals surface area (Å²) in [6, 6.07) is 3.40. The summed E-state index contributed by atoms with van der Waals surface area (Å²) in [6.45, 7) is 3.98. The summed E-state index contributed by atoms with van der Waals surface area (Å²) in [4.78, 5) is 0. The summed E-state index contributed by atoms with van der Waals surface area (Å²) in [5, 5.41) is 12.3. The molecule has 6 nitrogen and oxygen atoms in total. The molecule has 0 saturated carbocycles. The van der Waals surface area contributed by atoms with Crippen molar-refractivity contribution in [2.75, 3.05) is 18.9 Å². The van der Waals surface area contributed by atoms with Gasteiger partial charge in [0.2, 0.25) is 0 Å². The molecule has 2 N–H and O–H groups in total. The molecule has 0 unspecified atom stereocenters. The number of aromatic nitrogens is 4. The zero-order chi connectivity index (χ0) is 15.2. The van der Waals surface area contributed by atoms with Crippen LogP contribution in [-0.4, -0.2) is 33.4 Å². The van der Waals surface area contributed by atoms with Crippen molar-refractivity contribution in [1.82, 2.24) is 20.2 Å². The molecule has 2 rings (SSSR count). The third-order valence-corrected chi connectivity index (χ3v) is 3.75. The summed E-state index contributed by atoms with van der Waals surface area (Å²) in [7, 11) is 0. The molecule has 0 saturated heterocycles. The van der Waals surface area contributed by atoms with Gasteiger partial charge in [-0.05, 0) is 29.0 Å². The van der Waals surface area contributed by atoms with Gasteiger partial charge in [0.25, 0.3) is 0 Å². The van der Waals surface area contributed by atoms with E-state index in [-0.39, 0.29) is 0 Å². The molecule has 1 aromatic heterocycles. The van der Waals surface area contributed by atoms with Gasteiger partial charge in [-0.1, -0.05) is 36.5 Å². The van der Waals surface area contributed by atoms with Crippen LogP contribution in [0.5, 0.6) is 0 Å². The second kappa shape index (κ2) is 7.59. The zero-order valence-corrected chi connectivity index (χ0v) is 13.2. The second-order valence-electron chi connectivity index (χ2n) is 4.55. The van der Waals surface area contributed by atoms with Gasteiger partial charge in [0.05, 0.1) is 28.9 Å². The van der Waals surface area contributed by atoms with E-state index < -0.39 is 0 Å². The Balaban J connectivity index is 2.09. The molecule has 0 aliphatic rings. The highest BCUT2D eigenvalue weighted by molar-refractivity contribution is 6.43. The maximum atomic E-state index is 6.04. The molecule has 0 spiro atoms. The van der Waals surface area contributed by atoms with Crippen LogP contribution in [0.2, 0.25) is 10.0 Å². The van der Waals surface area contributed by atoms with Gasteiger partial charge in [-0.2, -0.15) is 0 Å². The van der Waals surface area contributed by atoms with E-state index in [4.69, 9.17) is 33.7 Å². The van der Waals surface area contributed by atoms with Gasteiger partial charge < -0.3 is 10.5 Å². The Kier molecular flexibility index (Phi) is 5.78. The molecule has 0 fully saturated rings. The SMILES string of the molecule is CCCCOCCn1nnnc1-c1cc(N)c(Cl)c(Cl)c1. The fourth-order valence-corrected chi connectivity index (χ4v) is 2.14. The maximum absolute atomic E-state index is 6.04. The number of hydrogen-bond acceptors (Lipinski definition) is 5. The van der Waals surface area contributed by atoms with E-state index in [1.807, 2.05) is 0 Å². The van der Waals surface area contributed by atoms with Crippen LogP contribution in [0.4, 0.5) is 5.69 Å². The third-order valence-electron chi connectivity index (χ3n) is 2.94. The summed E-state index contributed by atoms with van der Waals surface area (Å²) in [5.41, 5.74) is 6.93. The molecule has 0 atom stereocenters. The number of rotatable bonds is 7. The molecule has 114 valence electrons. The van der Waals surface area contributed by atoms with Crippen LogP contribution in [0.3, 0.4) is 0 Å². The van der Waals surface area contributed by atoms with Crippen molar-refractivity contribution in [3.63, 3.8) is 0 Å². The Morgan fingerprint density at radius 1 is 1.29 bits per heavy atom. The first-order chi connectivity index (χ1) is 10.1. The molecule has 0 aliphatic heterocycles. The van der Waals surface area contributed by atoms with E-state index in [0.717, 1.165) is 25.0 Å². The first-order valence-electron chi connectivity index (χ1n) is 6.72. The van der Waals surface area contributed by atoms with Gasteiger partial charge in [-0.15, -0.1) is 5.10 Å². The van der Waals surface area contributed by atoms with E-state index in [9.17, 15) is 0 Å². The number of halogens is 2. The number of nitrogens with zero attached hydrogens (tertiary/aromatic N) is 4. The highest BCUT2D eigenvalue weighted by Crippen LogP contribution is 2.32. The Hall–Kier alpha value is -1.37. The summed E-state index contributed by atoms with van der Waals surface area (Å²) >= 11 is 12.0. The van der Waals surface area contributed by atoms with Gasteiger partial charge in [-0.3, -0.25) is 0 Å². The van der Waals surface area contributed by atoms with Crippen LogP contribution < -0.4 is 5.73 Å². The van der Waals surface area contributed by atoms with Gasteiger partial charge in [0.15, 0.2) is 5.82 Å². The van der Waals surface area contributed by atoms with Gasteiger partial charge >= 0.3 is 0 Å². The normalized spacial score (nSPS) is 11.0. The summed E-state index contributed by atoms with van der Waals surface area (Å²) < 4.78 is 7.17. The Labute approximate surface area is 133 Å².